The number of amides is 1. The molecule has 0 saturated carbocycles. The number of nitrogens with zero attached hydrogens (tertiary/aromatic N) is 5. The van der Waals surface area contributed by atoms with Crippen LogP contribution >= 0.6 is 0 Å². The predicted molar refractivity (Wildman–Crippen MR) is 82.1 cm³/mol. The normalized spacial score (nSPS) is 11.3. The van der Waals surface area contributed by atoms with Crippen LogP contribution in [0.1, 0.15) is 26.3 Å². The molecule has 0 radical (unpaired) electrons. The van der Waals surface area contributed by atoms with Gasteiger partial charge in [-0.15, -0.1) is 0 Å². The Morgan fingerprint density at radius 3 is 2.40 bits per heavy atom. The smallest absolute Gasteiger partial charge is 0.284 e. The van der Waals surface area contributed by atoms with Gasteiger partial charge in [0.1, 0.15) is 0 Å². The van der Waals surface area contributed by atoms with E-state index in [-0.39, 0.29) is 27.8 Å². The van der Waals surface area contributed by atoms with Crippen molar-refractivity contribution < 1.29 is 19.4 Å². The van der Waals surface area contributed by atoms with Crippen LogP contribution in [0.2, 0.25) is 0 Å². The number of non-ortho nitro benzene ring substituents is 1. The third-order valence-corrected chi connectivity index (χ3v) is 3.68. The second-order valence-electron chi connectivity index (χ2n) is 4.95. The molecular weight excluding hydrogens is 334 g/mol. The van der Waals surface area contributed by atoms with Crippen molar-refractivity contribution in [1.29, 1.82) is 0 Å². The lowest BCUT2D eigenvalue weighted by Crippen LogP contribution is -2.05. The number of fused-ring (bicyclic) bond motifs is 3. The Balaban J connectivity index is 2.38. The molecule has 2 aromatic rings. The summed E-state index contributed by atoms with van der Waals surface area (Å²) in [6.07, 6.45) is 0. The second-order valence-corrected chi connectivity index (χ2v) is 4.95. The number of hydrogen-bond donors (Lipinski definition) is 0. The van der Waals surface area contributed by atoms with Crippen LogP contribution in [0.4, 0.5) is 11.4 Å². The van der Waals surface area contributed by atoms with Crippen molar-refractivity contribution in [2.75, 3.05) is 0 Å². The molecule has 0 fully saturated rings. The first-order valence-corrected chi connectivity index (χ1v) is 6.61. The number of nitro groups is 2. The zero-order chi connectivity index (χ0) is 18.3. The number of carbonyl (C=O) groups excluding carboxylic acids is 2. The van der Waals surface area contributed by atoms with Crippen LogP contribution in [0.25, 0.3) is 21.6 Å². The molecule has 1 amide bonds. The highest BCUT2D eigenvalue weighted by Crippen LogP contribution is 2.45. The van der Waals surface area contributed by atoms with E-state index in [0.29, 0.717) is 0 Å². The highest BCUT2D eigenvalue weighted by atomic mass is 16.6. The first kappa shape index (κ1) is 15.8. The van der Waals surface area contributed by atoms with Gasteiger partial charge in [0.05, 0.1) is 21.5 Å². The van der Waals surface area contributed by atoms with Crippen LogP contribution in [0.3, 0.4) is 0 Å². The Hall–Kier alpha value is -4.11. The van der Waals surface area contributed by atoms with Crippen LogP contribution in [-0.2, 0) is 0 Å². The number of nitro benzene ring substituents is 2. The third kappa shape index (κ3) is 2.28. The first-order valence-electron chi connectivity index (χ1n) is 6.61. The number of rotatable bonds is 3. The Morgan fingerprint density at radius 1 is 1.08 bits per heavy atom. The zero-order valence-corrected chi connectivity index (χ0v) is 12.1. The zero-order valence-electron chi connectivity index (χ0n) is 12.1. The van der Waals surface area contributed by atoms with Crippen LogP contribution in [0, 0.1) is 20.2 Å². The van der Waals surface area contributed by atoms with Gasteiger partial charge in [-0.3, -0.25) is 29.8 Å². The van der Waals surface area contributed by atoms with Gasteiger partial charge in [-0.25, -0.2) is 0 Å². The molecule has 0 spiro atoms. The summed E-state index contributed by atoms with van der Waals surface area (Å²) in [6, 6.07) is 5.66. The quantitative estimate of drug-likeness (QED) is 0.233. The Bertz CT molecular complexity index is 1050. The van der Waals surface area contributed by atoms with E-state index in [2.05, 4.69) is 10.0 Å². The molecule has 3 rings (SSSR count). The van der Waals surface area contributed by atoms with Crippen LogP contribution in [0.15, 0.2) is 35.4 Å². The second kappa shape index (κ2) is 5.51. The fraction of sp³-hybridized carbons (Fsp3) is 0. The van der Waals surface area contributed by atoms with Gasteiger partial charge < -0.3 is 0 Å². The van der Waals surface area contributed by atoms with Gasteiger partial charge in [0, 0.05) is 33.2 Å². The first-order chi connectivity index (χ1) is 11.9. The maximum absolute atomic E-state index is 12.6. The Morgan fingerprint density at radius 2 is 1.80 bits per heavy atom. The molecular formula is C14H5N5O6. The summed E-state index contributed by atoms with van der Waals surface area (Å²) in [5.74, 6) is -1.81. The maximum atomic E-state index is 12.6. The minimum atomic E-state index is -1.03. The van der Waals surface area contributed by atoms with Gasteiger partial charge in [-0.2, -0.15) is 0 Å². The summed E-state index contributed by atoms with van der Waals surface area (Å²) < 4.78 is 0. The summed E-state index contributed by atoms with van der Waals surface area (Å²) in [6.45, 7) is 0. The standard InChI is InChI=1S/C14H5N5O6/c15-17-16-14(21)8-3-1-2-7-11-9(13(20)12(7)8)4-6(18(22)23)5-10(11)19(24)25/h1-5H. The molecule has 0 atom stereocenters. The lowest BCUT2D eigenvalue weighted by Gasteiger charge is -2.03. The van der Waals surface area contributed by atoms with Gasteiger partial charge in [0.25, 0.3) is 11.4 Å². The van der Waals surface area contributed by atoms with Crippen molar-refractivity contribution in [2.24, 2.45) is 5.11 Å². The van der Waals surface area contributed by atoms with Gasteiger partial charge in [0.2, 0.25) is 5.91 Å². The third-order valence-electron chi connectivity index (χ3n) is 3.68. The molecule has 0 unspecified atom stereocenters. The lowest BCUT2D eigenvalue weighted by atomic mass is 10.00. The molecule has 11 nitrogen and oxygen atoms in total. The summed E-state index contributed by atoms with van der Waals surface area (Å²) in [5, 5.41) is 25.2. The minimum absolute atomic E-state index is 0.0839. The Kier molecular flexibility index (Phi) is 3.48. The van der Waals surface area contributed by atoms with Crippen molar-refractivity contribution in [3.05, 3.63) is 77.7 Å². The molecule has 1 aliphatic carbocycles. The highest BCUT2D eigenvalue weighted by molar-refractivity contribution is 6.27. The number of hydrogen-bond acceptors (Lipinski definition) is 6. The molecule has 0 bridgehead atoms. The minimum Gasteiger partial charge on any atom is -0.289 e. The van der Waals surface area contributed by atoms with Crippen LogP contribution in [0.5, 0.6) is 0 Å². The van der Waals surface area contributed by atoms with Crippen molar-refractivity contribution in [3.8, 4) is 11.1 Å². The van der Waals surface area contributed by atoms with E-state index >= 15 is 0 Å². The van der Waals surface area contributed by atoms with Gasteiger partial charge in [-0.1, -0.05) is 18.2 Å². The summed E-state index contributed by atoms with van der Waals surface area (Å²) in [4.78, 5) is 47.5. The molecule has 0 saturated heterocycles. The average Bonchev–Trinajstić information content (AvgIpc) is 2.87. The van der Waals surface area contributed by atoms with E-state index in [1.807, 2.05) is 0 Å². The van der Waals surface area contributed by atoms with Gasteiger partial charge in [0.15, 0.2) is 5.78 Å². The predicted octanol–water partition coefficient (Wildman–Crippen LogP) is 3.16. The number of carbonyl (C=O) groups is 2. The summed E-state index contributed by atoms with van der Waals surface area (Å²) in [7, 11) is 0. The van der Waals surface area contributed by atoms with E-state index in [1.165, 1.54) is 18.2 Å². The molecule has 2 aromatic carbocycles. The fourth-order valence-corrected chi connectivity index (χ4v) is 2.74. The number of benzene rings is 2. The molecule has 122 valence electrons. The van der Waals surface area contributed by atoms with E-state index in [9.17, 15) is 29.8 Å². The van der Waals surface area contributed by atoms with Crippen molar-refractivity contribution in [1.82, 2.24) is 0 Å². The molecule has 11 heteroatoms. The Labute approximate surface area is 137 Å². The fourth-order valence-electron chi connectivity index (χ4n) is 2.74. The molecule has 25 heavy (non-hydrogen) atoms. The molecule has 1 aliphatic rings. The van der Waals surface area contributed by atoms with Gasteiger partial charge in [-0.05, 0) is 10.6 Å². The lowest BCUT2D eigenvalue weighted by molar-refractivity contribution is -0.393. The molecule has 0 aliphatic heterocycles. The monoisotopic (exact) mass is 339 g/mol. The topological polar surface area (TPSA) is 169 Å². The molecule has 0 heterocycles. The molecule has 0 aromatic heterocycles. The van der Waals surface area contributed by atoms with Crippen molar-refractivity contribution >= 4 is 23.1 Å². The largest absolute Gasteiger partial charge is 0.289 e. The summed E-state index contributed by atoms with van der Waals surface area (Å²) >= 11 is 0. The van der Waals surface area contributed by atoms with E-state index in [1.54, 1.807) is 0 Å². The average molecular weight is 339 g/mol. The SMILES string of the molecule is [N-]=[N+]=NC(=O)c1cccc2c1C(=O)c1cc([N+](=O)[O-])cc([N+](=O)[O-])c1-2. The molecule has 0 N–H and O–H groups in total. The van der Waals surface area contributed by atoms with E-state index in [0.717, 1.165) is 12.1 Å². The summed E-state index contributed by atoms with van der Waals surface area (Å²) in [5.41, 5.74) is 6.47. The van der Waals surface area contributed by atoms with Crippen molar-refractivity contribution in [3.63, 3.8) is 0 Å². The van der Waals surface area contributed by atoms with E-state index < -0.39 is 32.9 Å². The van der Waals surface area contributed by atoms with Crippen LogP contribution in [-0.4, -0.2) is 21.5 Å². The van der Waals surface area contributed by atoms with Gasteiger partial charge >= 0.3 is 0 Å². The maximum Gasteiger partial charge on any atom is 0.284 e. The highest BCUT2D eigenvalue weighted by Gasteiger charge is 2.38. The van der Waals surface area contributed by atoms with Crippen LogP contribution < -0.4 is 0 Å². The van der Waals surface area contributed by atoms with Crippen molar-refractivity contribution in [2.45, 2.75) is 0 Å². The number of ketones is 1. The van der Waals surface area contributed by atoms with E-state index in [4.69, 9.17) is 5.53 Å². The number of azide groups is 1.